The lowest BCUT2D eigenvalue weighted by Crippen LogP contribution is -2.28. The zero-order chi connectivity index (χ0) is 14.3. The summed E-state index contributed by atoms with van der Waals surface area (Å²) < 4.78 is 32.1. The molecule has 20 heavy (non-hydrogen) atoms. The van der Waals surface area contributed by atoms with Gasteiger partial charge in [0.05, 0.1) is 6.54 Å². The maximum Gasteiger partial charge on any atom is 0.276 e. The zero-order valence-corrected chi connectivity index (χ0v) is 12.8. The number of nitrogens with zero attached hydrogens (tertiary/aromatic N) is 1. The van der Waals surface area contributed by atoms with Crippen molar-refractivity contribution in [1.82, 2.24) is 9.62 Å². The lowest BCUT2D eigenvalue weighted by Gasteiger charge is -2.13. The molecule has 1 aliphatic carbocycles. The van der Waals surface area contributed by atoms with Gasteiger partial charge in [-0.15, -0.1) is 0 Å². The molecule has 0 aromatic carbocycles. The summed E-state index contributed by atoms with van der Waals surface area (Å²) in [6, 6.07) is 3.92. The van der Waals surface area contributed by atoms with Gasteiger partial charge in [-0.05, 0) is 36.8 Å². The van der Waals surface area contributed by atoms with Crippen molar-refractivity contribution in [1.29, 1.82) is 0 Å². The molecule has 0 bridgehead atoms. The number of nitrogens with one attached hydrogen (secondary N) is 1. The molecule has 2 heterocycles. The van der Waals surface area contributed by atoms with Crippen LogP contribution in [0.5, 0.6) is 0 Å². The summed E-state index contributed by atoms with van der Waals surface area (Å²) >= 11 is 0. The number of furan rings is 1. The zero-order valence-electron chi connectivity index (χ0n) is 12.0. The van der Waals surface area contributed by atoms with Gasteiger partial charge in [0.1, 0.15) is 5.76 Å². The highest BCUT2D eigenvalue weighted by atomic mass is 32.2. The minimum absolute atomic E-state index is 0.0754. The summed E-state index contributed by atoms with van der Waals surface area (Å²) in [5.74, 6) is 1.49. The molecular formula is C14H22N2O3S. The first-order chi connectivity index (χ1) is 9.46. The molecule has 1 saturated heterocycles. The van der Waals surface area contributed by atoms with E-state index >= 15 is 0 Å². The summed E-state index contributed by atoms with van der Waals surface area (Å²) in [5.41, 5.74) is 0. The number of hydrogen-bond acceptors (Lipinski definition) is 4. The first-order valence-corrected chi connectivity index (χ1v) is 8.73. The average Bonchev–Trinajstić information content (AvgIpc) is 2.99. The quantitative estimate of drug-likeness (QED) is 0.900. The third kappa shape index (κ3) is 2.77. The van der Waals surface area contributed by atoms with E-state index in [1.807, 2.05) is 0 Å². The molecule has 0 radical (unpaired) electrons. The normalized spacial score (nSPS) is 28.1. The van der Waals surface area contributed by atoms with Crippen LogP contribution in [0.15, 0.2) is 21.6 Å². The van der Waals surface area contributed by atoms with Gasteiger partial charge in [-0.1, -0.05) is 13.8 Å². The van der Waals surface area contributed by atoms with E-state index in [0.717, 1.165) is 0 Å². The van der Waals surface area contributed by atoms with Gasteiger partial charge >= 0.3 is 0 Å². The summed E-state index contributed by atoms with van der Waals surface area (Å²) in [5, 5.41) is 3.39. The van der Waals surface area contributed by atoms with E-state index < -0.39 is 10.0 Å². The first-order valence-electron chi connectivity index (χ1n) is 7.29. The van der Waals surface area contributed by atoms with E-state index in [4.69, 9.17) is 4.42 Å². The predicted molar refractivity (Wildman–Crippen MR) is 75.7 cm³/mol. The van der Waals surface area contributed by atoms with E-state index in [1.165, 1.54) is 12.8 Å². The smallest absolute Gasteiger partial charge is 0.276 e. The van der Waals surface area contributed by atoms with Gasteiger partial charge in [-0.25, -0.2) is 8.42 Å². The van der Waals surface area contributed by atoms with Crippen LogP contribution < -0.4 is 5.32 Å². The Labute approximate surface area is 120 Å². The highest BCUT2D eigenvalue weighted by Gasteiger charge is 2.36. The van der Waals surface area contributed by atoms with Crippen molar-refractivity contribution < 1.29 is 12.8 Å². The Morgan fingerprint density at radius 2 is 1.90 bits per heavy atom. The van der Waals surface area contributed by atoms with Gasteiger partial charge in [0, 0.05) is 19.1 Å². The Balaban J connectivity index is 1.70. The molecule has 6 heteroatoms. The second kappa shape index (κ2) is 5.16. The van der Waals surface area contributed by atoms with Gasteiger partial charge in [-0.2, -0.15) is 4.31 Å². The lowest BCUT2D eigenvalue weighted by atomic mass is 10.0. The third-order valence-corrected chi connectivity index (χ3v) is 6.03. The molecular weight excluding hydrogens is 276 g/mol. The van der Waals surface area contributed by atoms with Crippen LogP contribution in [0.1, 0.15) is 32.4 Å². The van der Waals surface area contributed by atoms with Crippen molar-refractivity contribution in [2.45, 2.75) is 44.4 Å². The highest BCUT2D eigenvalue weighted by molar-refractivity contribution is 7.89. The van der Waals surface area contributed by atoms with Gasteiger partial charge in [0.2, 0.25) is 5.09 Å². The molecule has 2 unspecified atom stereocenters. The summed E-state index contributed by atoms with van der Waals surface area (Å²) in [6.45, 7) is 5.95. The largest absolute Gasteiger partial charge is 0.447 e. The fraction of sp³-hybridized carbons (Fsp3) is 0.714. The summed E-state index contributed by atoms with van der Waals surface area (Å²) in [7, 11) is -3.47. The molecule has 1 aromatic heterocycles. The molecule has 1 aromatic rings. The Kier molecular flexibility index (Phi) is 3.64. The fourth-order valence-corrected chi connectivity index (χ4v) is 4.09. The molecule has 1 N–H and O–H groups in total. The van der Waals surface area contributed by atoms with Crippen LogP contribution in [-0.2, 0) is 16.6 Å². The van der Waals surface area contributed by atoms with Gasteiger partial charge in [-0.3, -0.25) is 0 Å². The Hall–Kier alpha value is -0.850. The molecule has 2 atom stereocenters. The Bertz CT molecular complexity index is 567. The predicted octanol–water partition coefficient (Wildman–Crippen LogP) is 1.81. The van der Waals surface area contributed by atoms with Crippen LogP contribution in [0.2, 0.25) is 0 Å². The molecule has 0 spiro atoms. The number of rotatable bonds is 5. The molecule has 2 fully saturated rings. The van der Waals surface area contributed by atoms with Crippen LogP contribution in [0.4, 0.5) is 0 Å². The fourth-order valence-electron chi connectivity index (χ4n) is 2.52. The van der Waals surface area contributed by atoms with Crippen molar-refractivity contribution in [3.63, 3.8) is 0 Å². The monoisotopic (exact) mass is 298 g/mol. The summed E-state index contributed by atoms with van der Waals surface area (Å²) in [6.07, 6.45) is 2.41. The van der Waals surface area contributed by atoms with E-state index in [1.54, 1.807) is 16.4 Å². The van der Waals surface area contributed by atoms with Crippen LogP contribution in [-0.4, -0.2) is 31.9 Å². The molecule has 5 nitrogen and oxygen atoms in total. The van der Waals surface area contributed by atoms with Gasteiger partial charge in [0.15, 0.2) is 0 Å². The Morgan fingerprint density at radius 1 is 1.25 bits per heavy atom. The topological polar surface area (TPSA) is 62.6 Å². The van der Waals surface area contributed by atoms with Crippen LogP contribution in [0.25, 0.3) is 0 Å². The second-order valence-electron chi connectivity index (χ2n) is 6.15. The maximum atomic E-state index is 12.5. The average molecular weight is 298 g/mol. The highest BCUT2D eigenvalue weighted by Crippen LogP contribution is 2.29. The van der Waals surface area contributed by atoms with Crippen LogP contribution in [0, 0.1) is 11.8 Å². The van der Waals surface area contributed by atoms with E-state index in [2.05, 4.69) is 19.2 Å². The SMILES string of the molecule is CC1CN(S(=O)(=O)c2ccc(CNC3CC3)o2)CC1C. The van der Waals surface area contributed by atoms with Gasteiger partial charge < -0.3 is 9.73 Å². The van der Waals surface area contributed by atoms with Crippen LogP contribution in [0.3, 0.4) is 0 Å². The minimum atomic E-state index is -3.47. The molecule has 2 aliphatic rings. The molecule has 1 saturated carbocycles. The van der Waals surface area contributed by atoms with E-state index in [0.29, 0.717) is 43.3 Å². The van der Waals surface area contributed by atoms with Crippen molar-refractivity contribution >= 4 is 10.0 Å². The van der Waals surface area contributed by atoms with E-state index in [9.17, 15) is 8.42 Å². The molecule has 1 aliphatic heterocycles. The summed E-state index contributed by atoms with van der Waals surface area (Å²) in [4.78, 5) is 0. The first kappa shape index (κ1) is 14.1. The molecule has 112 valence electrons. The maximum absolute atomic E-state index is 12.5. The van der Waals surface area contributed by atoms with Crippen molar-refractivity contribution in [2.24, 2.45) is 11.8 Å². The lowest BCUT2D eigenvalue weighted by molar-refractivity contribution is 0.378. The van der Waals surface area contributed by atoms with Gasteiger partial charge in [0.25, 0.3) is 10.0 Å². The number of hydrogen-bond donors (Lipinski definition) is 1. The molecule has 3 rings (SSSR count). The van der Waals surface area contributed by atoms with Crippen LogP contribution >= 0.6 is 0 Å². The van der Waals surface area contributed by atoms with Crippen molar-refractivity contribution in [2.75, 3.05) is 13.1 Å². The third-order valence-electron chi connectivity index (χ3n) is 4.33. The second-order valence-corrected chi connectivity index (χ2v) is 8.02. The van der Waals surface area contributed by atoms with E-state index in [-0.39, 0.29) is 5.09 Å². The standard InChI is InChI=1S/C14H22N2O3S/c1-10-8-16(9-11(10)2)20(17,18)14-6-5-13(19-14)7-15-12-3-4-12/h5-6,10-12,15H,3-4,7-9H2,1-2H3. The Morgan fingerprint density at radius 3 is 2.50 bits per heavy atom. The minimum Gasteiger partial charge on any atom is -0.447 e. The number of sulfonamides is 1. The molecule has 0 amide bonds. The van der Waals surface area contributed by atoms with Crippen molar-refractivity contribution in [3.05, 3.63) is 17.9 Å². The van der Waals surface area contributed by atoms with Crippen molar-refractivity contribution in [3.8, 4) is 0 Å².